The number of carbonyl (C=O) groups excluding carboxylic acids is 2. The predicted octanol–water partition coefficient (Wildman–Crippen LogP) is 6.81. The van der Waals surface area contributed by atoms with Gasteiger partial charge in [0.15, 0.2) is 0 Å². The monoisotopic (exact) mass is 580 g/mol. The molecule has 0 aromatic heterocycles. The fourth-order valence-corrected chi connectivity index (χ4v) is 9.42. The van der Waals surface area contributed by atoms with Gasteiger partial charge in [0, 0.05) is 11.1 Å². The molecule has 1 heterocycles. The fraction of sp³-hybridized carbons (Fsp3) is 0.158. The Labute approximate surface area is 253 Å². The standard InChI is InChI=1S/C38H33N2O2P/c1-37(2)24-38(3,25-14-16-26(39)17-15-25)34-22-27(18-21-33(34)37)40-35(41)31-20-19-30(23-32(31)36(40)42)43(28-10-6-4-7-11-28)29-12-8-5-9-13-29/h4-23H,24,39H2,1-3H3. The molecular formula is C38H33N2O2P. The third-order valence-electron chi connectivity index (χ3n) is 9.09. The lowest BCUT2D eigenvalue weighted by Gasteiger charge is -2.29. The summed E-state index contributed by atoms with van der Waals surface area (Å²) in [6.45, 7) is 6.77. The van der Waals surface area contributed by atoms with Gasteiger partial charge in [-0.15, -0.1) is 0 Å². The number of anilines is 2. The number of nitrogens with zero attached hydrogens (tertiary/aromatic N) is 1. The Morgan fingerprint density at radius 3 is 1.86 bits per heavy atom. The molecule has 0 spiro atoms. The molecule has 43 heavy (non-hydrogen) atoms. The summed E-state index contributed by atoms with van der Waals surface area (Å²) in [4.78, 5) is 29.2. The molecule has 2 amide bonds. The molecule has 0 bridgehead atoms. The highest BCUT2D eigenvalue weighted by Gasteiger charge is 2.47. The van der Waals surface area contributed by atoms with Gasteiger partial charge in [-0.3, -0.25) is 9.59 Å². The van der Waals surface area contributed by atoms with Crippen molar-refractivity contribution in [3.63, 3.8) is 0 Å². The number of nitrogen functional groups attached to an aromatic ring is 1. The fourth-order valence-electron chi connectivity index (χ4n) is 7.10. The number of imide groups is 1. The summed E-state index contributed by atoms with van der Waals surface area (Å²) in [6.07, 6.45) is 0.913. The second-order valence-electron chi connectivity index (χ2n) is 12.4. The van der Waals surface area contributed by atoms with E-state index in [1.54, 1.807) is 0 Å². The van der Waals surface area contributed by atoms with E-state index in [1.165, 1.54) is 26.6 Å². The number of benzene rings is 5. The van der Waals surface area contributed by atoms with Crippen molar-refractivity contribution in [2.45, 2.75) is 38.0 Å². The molecule has 5 heteroatoms. The molecule has 4 nitrogen and oxygen atoms in total. The predicted molar refractivity (Wildman–Crippen MR) is 178 cm³/mol. The molecule has 1 unspecified atom stereocenters. The van der Waals surface area contributed by atoms with Gasteiger partial charge in [0.1, 0.15) is 0 Å². The lowest BCUT2D eigenvalue weighted by atomic mass is 9.75. The lowest BCUT2D eigenvalue weighted by Crippen LogP contribution is -2.30. The lowest BCUT2D eigenvalue weighted by molar-refractivity contribution is 0.0926. The van der Waals surface area contributed by atoms with Gasteiger partial charge in [0.2, 0.25) is 0 Å². The maximum Gasteiger partial charge on any atom is 0.266 e. The number of nitrogens with two attached hydrogens (primary N) is 1. The average Bonchev–Trinajstić information content (AvgIpc) is 3.39. The van der Waals surface area contributed by atoms with Crippen LogP contribution in [0.1, 0.15) is 64.6 Å². The highest BCUT2D eigenvalue weighted by Crippen LogP contribution is 2.53. The third-order valence-corrected chi connectivity index (χ3v) is 11.5. The van der Waals surface area contributed by atoms with Crippen LogP contribution in [-0.2, 0) is 10.8 Å². The zero-order valence-corrected chi connectivity index (χ0v) is 25.4. The van der Waals surface area contributed by atoms with E-state index < -0.39 is 7.92 Å². The summed E-state index contributed by atoms with van der Waals surface area (Å²) in [7, 11) is -0.901. The van der Waals surface area contributed by atoms with Crippen LogP contribution >= 0.6 is 7.92 Å². The first kappa shape index (κ1) is 27.3. The number of fused-ring (bicyclic) bond motifs is 2. The van der Waals surface area contributed by atoms with Crippen molar-refractivity contribution in [3.8, 4) is 0 Å². The Balaban J connectivity index is 1.30. The summed E-state index contributed by atoms with van der Waals surface area (Å²) in [5.74, 6) is -0.550. The molecule has 0 radical (unpaired) electrons. The normalized spacial score (nSPS) is 18.7. The van der Waals surface area contributed by atoms with Crippen LogP contribution in [0.5, 0.6) is 0 Å². The molecule has 0 fully saturated rings. The topological polar surface area (TPSA) is 63.4 Å². The van der Waals surface area contributed by atoms with Crippen molar-refractivity contribution in [1.82, 2.24) is 0 Å². The quantitative estimate of drug-likeness (QED) is 0.141. The van der Waals surface area contributed by atoms with Gasteiger partial charge in [-0.1, -0.05) is 106 Å². The van der Waals surface area contributed by atoms with E-state index in [-0.39, 0.29) is 22.6 Å². The Hall–Kier alpha value is -4.53. The first-order valence-corrected chi connectivity index (χ1v) is 16.0. The van der Waals surface area contributed by atoms with Crippen molar-refractivity contribution < 1.29 is 9.59 Å². The minimum absolute atomic E-state index is 0.0626. The smallest absolute Gasteiger partial charge is 0.266 e. The van der Waals surface area contributed by atoms with E-state index in [9.17, 15) is 9.59 Å². The van der Waals surface area contributed by atoms with Crippen molar-refractivity contribution >= 4 is 47.0 Å². The number of rotatable bonds is 5. The van der Waals surface area contributed by atoms with Gasteiger partial charge < -0.3 is 5.73 Å². The molecule has 5 aromatic rings. The SMILES string of the molecule is CC1(C)CC(C)(c2ccc(N)cc2)c2cc(N3C(=O)c4ccc(P(c5ccccc5)c5ccccc5)cc4C3=O)ccc21. The zero-order valence-electron chi connectivity index (χ0n) is 24.5. The van der Waals surface area contributed by atoms with E-state index in [4.69, 9.17) is 5.73 Å². The highest BCUT2D eigenvalue weighted by molar-refractivity contribution is 7.79. The number of hydrogen-bond donors (Lipinski definition) is 1. The van der Waals surface area contributed by atoms with Gasteiger partial charge in [0.05, 0.1) is 16.8 Å². The van der Waals surface area contributed by atoms with Gasteiger partial charge >= 0.3 is 0 Å². The highest BCUT2D eigenvalue weighted by atomic mass is 31.1. The van der Waals surface area contributed by atoms with Crippen LogP contribution in [0.2, 0.25) is 0 Å². The van der Waals surface area contributed by atoms with Crippen molar-refractivity contribution in [3.05, 3.63) is 149 Å². The molecule has 1 aliphatic carbocycles. The molecule has 1 atom stereocenters. The number of hydrogen-bond acceptors (Lipinski definition) is 3. The van der Waals surface area contributed by atoms with Crippen LogP contribution in [-0.4, -0.2) is 11.8 Å². The molecule has 2 aliphatic rings. The maximum atomic E-state index is 14.1. The minimum atomic E-state index is -0.901. The van der Waals surface area contributed by atoms with Gasteiger partial charge in [-0.25, -0.2) is 4.90 Å². The Morgan fingerprint density at radius 1 is 0.628 bits per heavy atom. The van der Waals surface area contributed by atoms with E-state index in [0.717, 1.165) is 23.0 Å². The average molecular weight is 581 g/mol. The minimum Gasteiger partial charge on any atom is -0.399 e. The van der Waals surface area contributed by atoms with Gasteiger partial charge in [-0.2, -0.15) is 0 Å². The van der Waals surface area contributed by atoms with Crippen LogP contribution in [0.4, 0.5) is 11.4 Å². The molecule has 212 valence electrons. The van der Waals surface area contributed by atoms with Crippen molar-refractivity contribution in [2.24, 2.45) is 0 Å². The second kappa shape index (κ2) is 10.0. The molecular weight excluding hydrogens is 547 g/mol. The first-order valence-electron chi connectivity index (χ1n) is 14.6. The molecule has 0 saturated carbocycles. The van der Waals surface area contributed by atoms with Crippen LogP contribution in [0.25, 0.3) is 0 Å². The van der Waals surface area contributed by atoms with Crippen molar-refractivity contribution in [1.29, 1.82) is 0 Å². The van der Waals surface area contributed by atoms with Crippen LogP contribution in [0.15, 0.2) is 121 Å². The Morgan fingerprint density at radius 2 is 1.23 bits per heavy atom. The van der Waals surface area contributed by atoms with E-state index in [2.05, 4.69) is 69.3 Å². The zero-order chi connectivity index (χ0) is 29.9. The maximum absolute atomic E-state index is 14.1. The van der Waals surface area contributed by atoms with E-state index >= 15 is 0 Å². The second-order valence-corrected chi connectivity index (χ2v) is 14.6. The summed E-state index contributed by atoms with van der Waals surface area (Å²) < 4.78 is 0. The first-order chi connectivity index (χ1) is 20.7. The van der Waals surface area contributed by atoms with Crippen LogP contribution in [0, 0.1) is 0 Å². The molecule has 7 rings (SSSR count). The van der Waals surface area contributed by atoms with E-state index in [0.29, 0.717) is 16.8 Å². The molecule has 1 aliphatic heterocycles. The van der Waals surface area contributed by atoms with Gasteiger partial charge in [0.25, 0.3) is 11.8 Å². The van der Waals surface area contributed by atoms with Crippen molar-refractivity contribution in [2.75, 3.05) is 10.6 Å². The summed E-state index contributed by atoms with van der Waals surface area (Å²) in [5, 5.41) is 3.43. The summed E-state index contributed by atoms with van der Waals surface area (Å²) >= 11 is 0. The van der Waals surface area contributed by atoms with Crippen LogP contribution in [0.3, 0.4) is 0 Å². The summed E-state index contributed by atoms with van der Waals surface area (Å²) in [6, 6.07) is 40.7. The molecule has 2 N–H and O–H groups in total. The Kier molecular flexibility index (Phi) is 6.37. The largest absolute Gasteiger partial charge is 0.399 e. The number of amides is 2. The summed E-state index contributed by atoms with van der Waals surface area (Å²) in [5.41, 5.74) is 11.5. The third kappa shape index (κ3) is 4.40. The Bertz CT molecular complexity index is 1840. The van der Waals surface area contributed by atoms with Gasteiger partial charge in [-0.05, 0) is 88.8 Å². The van der Waals surface area contributed by atoms with Crippen LogP contribution < -0.4 is 26.5 Å². The molecule has 0 saturated heterocycles. The van der Waals surface area contributed by atoms with E-state index in [1.807, 2.05) is 72.8 Å². The molecule has 5 aromatic carbocycles. The number of carbonyl (C=O) groups is 2.